The van der Waals surface area contributed by atoms with Crippen molar-refractivity contribution in [2.24, 2.45) is 0 Å². The number of hydrogen-bond donors (Lipinski definition) is 0. The van der Waals surface area contributed by atoms with Crippen LogP contribution < -0.4 is 18.9 Å². The number of ether oxygens (including phenoxy) is 4. The fourth-order valence-corrected chi connectivity index (χ4v) is 8.29. The van der Waals surface area contributed by atoms with Crippen molar-refractivity contribution in [1.82, 2.24) is 0 Å². The van der Waals surface area contributed by atoms with E-state index in [1.807, 2.05) is 30.3 Å². The quantitative estimate of drug-likeness (QED) is 0.594. The SMILES string of the molecule is C1=C(/C=C/c2ccc3c(c2)OCO3)[Se]C(=C/C=C/c2ccc3c(c2)OCO3)[Se]1. The summed E-state index contributed by atoms with van der Waals surface area (Å²) < 4.78 is 24.5. The van der Waals surface area contributed by atoms with Crippen LogP contribution in [0.3, 0.4) is 0 Å². The van der Waals surface area contributed by atoms with Crippen molar-refractivity contribution in [2.45, 2.75) is 0 Å². The van der Waals surface area contributed by atoms with Gasteiger partial charge in [0.2, 0.25) is 0 Å². The first-order valence-corrected chi connectivity index (χ1v) is 12.3. The first-order chi connectivity index (χ1) is 13.8. The predicted octanol–water partition coefficient (Wildman–Crippen LogP) is 3.98. The minimum atomic E-state index is 0.311. The third kappa shape index (κ3) is 3.91. The van der Waals surface area contributed by atoms with Crippen molar-refractivity contribution in [3.63, 3.8) is 0 Å². The van der Waals surface area contributed by atoms with Crippen molar-refractivity contribution in [1.29, 1.82) is 0 Å². The average Bonchev–Trinajstić information content (AvgIpc) is 3.46. The molecular weight excluding hydrogens is 486 g/mol. The molecule has 5 rings (SSSR count). The van der Waals surface area contributed by atoms with Gasteiger partial charge >= 0.3 is 176 Å². The molecule has 140 valence electrons. The number of fused-ring (bicyclic) bond motifs is 2. The number of rotatable bonds is 4. The Morgan fingerprint density at radius 3 is 2.07 bits per heavy atom. The van der Waals surface area contributed by atoms with Gasteiger partial charge in [-0.3, -0.25) is 0 Å². The Morgan fingerprint density at radius 1 is 0.714 bits per heavy atom. The molecule has 3 heterocycles. The molecule has 0 N–H and O–H groups in total. The Kier molecular flexibility index (Phi) is 5.03. The molecular formula is C22H16O4Se2. The van der Waals surface area contributed by atoms with E-state index in [-0.39, 0.29) is 0 Å². The molecule has 0 radical (unpaired) electrons. The zero-order valence-corrected chi connectivity index (χ0v) is 18.2. The van der Waals surface area contributed by atoms with Crippen LogP contribution >= 0.6 is 0 Å². The van der Waals surface area contributed by atoms with Crippen molar-refractivity contribution < 1.29 is 18.9 Å². The molecule has 0 saturated heterocycles. The molecule has 0 spiro atoms. The standard InChI is InChI=1S/C22H16O4Se2/c1(2-15-5-8-18-20(10-15)25-13-23-18)3-22-27-12-17(28-22)7-4-16-6-9-19-21(11-16)26-14-24-19/h1-12H,13-14H2/b2-1+,7-4+,22-3?. The fourth-order valence-electron chi connectivity index (χ4n) is 2.88. The van der Waals surface area contributed by atoms with Gasteiger partial charge in [-0.25, -0.2) is 0 Å². The molecule has 3 aliphatic heterocycles. The van der Waals surface area contributed by atoms with E-state index >= 15 is 0 Å². The van der Waals surface area contributed by atoms with Crippen LogP contribution in [0.25, 0.3) is 12.2 Å². The molecule has 2 aromatic rings. The minimum absolute atomic E-state index is 0.311. The topological polar surface area (TPSA) is 36.9 Å². The summed E-state index contributed by atoms with van der Waals surface area (Å²) in [6, 6.07) is 12.1. The predicted molar refractivity (Wildman–Crippen MR) is 111 cm³/mol. The van der Waals surface area contributed by atoms with Gasteiger partial charge in [-0.1, -0.05) is 0 Å². The Bertz CT molecular complexity index is 1040. The fraction of sp³-hybridized carbons (Fsp3) is 0.0909. The van der Waals surface area contributed by atoms with E-state index in [4.69, 9.17) is 18.9 Å². The summed E-state index contributed by atoms with van der Waals surface area (Å²) in [5, 5.41) is 0. The van der Waals surface area contributed by atoms with Crippen LogP contribution in [0.2, 0.25) is 0 Å². The molecule has 0 saturated carbocycles. The van der Waals surface area contributed by atoms with E-state index in [0.717, 1.165) is 34.1 Å². The molecule has 0 fully saturated rings. The Balaban J connectivity index is 1.19. The molecule has 0 aromatic heterocycles. The molecule has 6 heteroatoms. The number of hydrogen-bond acceptors (Lipinski definition) is 4. The average molecular weight is 502 g/mol. The van der Waals surface area contributed by atoms with Crippen molar-refractivity contribution >= 4 is 42.1 Å². The summed E-state index contributed by atoms with van der Waals surface area (Å²) in [5.74, 6) is 3.29. The molecule has 0 unspecified atom stereocenters. The van der Waals surface area contributed by atoms with Crippen LogP contribution in [-0.4, -0.2) is 43.5 Å². The van der Waals surface area contributed by atoms with E-state index in [1.165, 1.54) is 7.84 Å². The molecule has 0 aliphatic carbocycles. The first-order valence-electron chi connectivity index (χ1n) is 8.74. The van der Waals surface area contributed by atoms with E-state index in [1.54, 1.807) is 0 Å². The first kappa shape index (κ1) is 17.7. The third-order valence-corrected chi connectivity index (χ3v) is 10.3. The Labute approximate surface area is 175 Å². The van der Waals surface area contributed by atoms with Gasteiger partial charge in [0.25, 0.3) is 0 Å². The summed E-state index contributed by atoms with van der Waals surface area (Å²) in [6.07, 6.45) is 10.9. The maximum atomic E-state index is 5.44. The van der Waals surface area contributed by atoms with Crippen LogP contribution in [-0.2, 0) is 0 Å². The van der Waals surface area contributed by atoms with Crippen LogP contribution in [0.4, 0.5) is 0 Å². The van der Waals surface area contributed by atoms with Crippen molar-refractivity contribution in [2.75, 3.05) is 13.6 Å². The molecule has 0 bridgehead atoms. The second-order valence-corrected chi connectivity index (χ2v) is 11.7. The number of allylic oxidation sites excluding steroid dienone is 4. The zero-order chi connectivity index (χ0) is 18.8. The maximum absolute atomic E-state index is 5.44. The van der Waals surface area contributed by atoms with Crippen LogP contribution in [0.5, 0.6) is 23.0 Å². The normalized spacial score (nSPS) is 18.6. The van der Waals surface area contributed by atoms with Crippen molar-refractivity contribution in [3.05, 3.63) is 78.6 Å². The van der Waals surface area contributed by atoms with Gasteiger partial charge in [-0.15, -0.1) is 0 Å². The monoisotopic (exact) mass is 504 g/mol. The van der Waals surface area contributed by atoms with Gasteiger partial charge < -0.3 is 0 Å². The van der Waals surface area contributed by atoms with Gasteiger partial charge in [-0.2, -0.15) is 0 Å². The summed E-state index contributed by atoms with van der Waals surface area (Å²) in [5.41, 5.74) is 2.25. The van der Waals surface area contributed by atoms with Crippen molar-refractivity contribution in [3.8, 4) is 23.0 Å². The van der Waals surface area contributed by atoms with Gasteiger partial charge in [0.05, 0.1) is 0 Å². The van der Waals surface area contributed by atoms with Gasteiger partial charge in [0, 0.05) is 0 Å². The van der Waals surface area contributed by atoms with E-state index in [9.17, 15) is 0 Å². The molecule has 0 atom stereocenters. The molecule has 0 amide bonds. The number of benzene rings is 2. The third-order valence-electron chi connectivity index (χ3n) is 4.26. The van der Waals surface area contributed by atoms with E-state index in [0.29, 0.717) is 43.5 Å². The van der Waals surface area contributed by atoms with Crippen LogP contribution in [0.1, 0.15) is 11.1 Å². The molecule has 3 aliphatic rings. The Hall–Kier alpha value is -2.36. The zero-order valence-electron chi connectivity index (χ0n) is 14.8. The van der Waals surface area contributed by atoms with Crippen LogP contribution in [0, 0.1) is 0 Å². The van der Waals surface area contributed by atoms with E-state index < -0.39 is 0 Å². The molecule has 2 aromatic carbocycles. The van der Waals surface area contributed by atoms with Gasteiger partial charge in [0.1, 0.15) is 0 Å². The summed E-state index contributed by atoms with van der Waals surface area (Å²) in [6.45, 7) is 0.624. The second-order valence-electron chi connectivity index (χ2n) is 6.14. The van der Waals surface area contributed by atoms with E-state index in [2.05, 4.69) is 41.4 Å². The second kappa shape index (κ2) is 7.94. The molecule has 4 nitrogen and oxygen atoms in total. The molecule has 28 heavy (non-hydrogen) atoms. The Morgan fingerprint density at radius 2 is 1.36 bits per heavy atom. The van der Waals surface area contributed by atoms with Gasteiger partial charge in [0.15, 0.2) is 0 Å². The summed E-state index contributed by atoms with van der Waals surface area (Å²) in [4.78, 5) is 2.37. The summed E-state index contributed by atoms with van der Waals surface area (Å²) >= 11 is 0.833. The summed E-state index contributed by atoms with van der Waals surface area (Å²) in [7, 11) is 0. The van der Waals surface area contributed by atoms with Crippen LogP contribution in [0.15, 0.2) is 67.4 Å². The van der Waals surface area contributed by atoms with Gasteiger partial charge in [-0.05, 0) is 0 Å².